The molecule has 5 nitrogen and oxygen atoms in total. The summed E-state index contributed by atoms with van der Waals surface area (Å²) in [6, 6.07) is 19.9. The highest BCUT2D eigenvalue weighted by atomic mass is 19.1. The first kappa shape index (κ1) is 18.4. The number of carbonyl (C=O) groups is 1. The molecule has 1 saturated heterocycles. The number of nitrogens with one attached hydrogen (secondary N) is 1. The number of rotatable bonds is 5. The number of anilines is 2. The lowest BCUT2D eigenvalue weighted by Gasteiger charge is -2.31. The van der Waals surface area contributed by atoms with Gasteiger partial charge < -0.3 is 14.8 Å². The number of carbonyl (C=O) groups excluding carboxylic acids is 1. The van der Waals surface area contributed by atoms with E-state index in [0.717, 1.165) is 35.4 Å². The Bertz CT molecular complexity index is 1210. The standard InChI is InChI=1S/C24H21FN4O/c25-19-7-3-5-17(13-19)16-29-21-8-2-1-6-18(21)14-22(29)24(30)27-20-9-10-23(26-15-20)28-11-4-12-28/h1-3,5-10,13-15H,4,11-12,16H2,(H,27,30). The van der Waals surface area contributed by atoms with Crippen LogP contribution < -0.4 is 10.2 Å². The first-order chi connectivity index (χ1) is 14.7. The van der Waals surface area contributed by atoms with Gasteiger partial charge in [0, 0.05) is 30.5 Å². The van der Waals surface area contributed by atoms with Crippen LogP contribution in [0.15, 0.2) is 72.9 Å². The molecule has 1 aliphatic rings. The lowest BCUT2D eigenvalue weighted by molar-refractivity contribution is 0.101. The number of hydrogen-bond acceptors (Lipinski definition) is 3. The normalized spacial score (nSPS) is 13.3. The molecule has 0 saturated carbocycles. The van der Waals surface area contributed by atoms with E-state index in [1.54, 1.807) is 12.3 Å². The van der Waals surface area contributed by atoms with Crippen LogP contribution in [0.2, 0.25) is 0 Å². The smallest absolute Gasteiger partial charge is 0.272 e. The molecule has 1 fully saturated rings. The molecule has 3 heterocycles. The number of benzene rings is 2. The first-order valence-corrected chi connectivity index (χ1v) is 10.0. The Labute approximate surface area is 173 Å². The fourth-order valence-corrected chi connectivity index (χ4v) is 3.77. The lowest BCUT2D eigenvalue weighted by atomic mass is 10.2. The minimum atomic E-state index is -0.289. The number of aromatic nitrogens is 2. The van der Waals surface area contributed by atoms with Gasteiger partial charge in [-0.1, -0.05) is 30.3 Å². The zero-order chi connectivity index (χ0) is 20.5. The molecule has 0 unspecified atom stereocenters. The van der Waals surface area contributed by atoms with Crippen LogP contribution >= 0.6 is 0 Å². The zero-order valence-electron chi connectivity index (χ0n) is 16.4. The molecular formula is C24H21FN4O. The number of halogens is 1. The lowest BCUT2D eigenvalue weighted by Crippen LogP contribution is -2.37. The second-order valence-electron chi connectivity index (χ2n) is 7.50. The molecular weight excluding hydrogens is 379 g/mol. The number of para-hydroxylation sites is 1. The summed E-state index contributed by atoms with van der Waals surface area (Å²) in [7, 11) is 0. The summed E-state index contributed by atoms with van der Waals surface area (Å²) in [6.45, 7) is 2.46. The topological polar surface area (TPSA) is 50.2 Å². The molecule has 6 heteroatoms. The second-order valence-corrected chi connectivity index (χ2v) is 7.50. The highest BCUT2D eigenvalue weighted by Crippen LogP contribution is 2.24. The average Bonchev–Trinajstić information content (AvgIpc) is 3.07. The van der Waals surface area contributed by atoms with Crippen LogP contribution in [-0.2, 0) is 6.54 Å². The summed E-state index contributed by atoms with van der Waals surface area (Å²) >= 11 is 0. The van der Waals surface area contributed by atoms with Gasteiger partial charge in [0.05, 0.1) is 11.9 Å². The van der Waals surface area contributed by atoms with E-state index in [0.29, 0.717) is 17.9 Å². The summed E-state index contributed by atoms with van der Waals surface area (Å²) < 4.78 is 15.6. The van der Waals surface area contributed by atoms with Gasteiger partial charge >= 0.3 is 0 Å². The van der Waals surface area contributed by atoms with Gasteiger partial charge in [-0.05, 0) is 48.4 Å². The second kappa shape index (κ2) is 7.63. The number of fused-ring (bicyclic) bond motifs is 1. The Kier molecular flexibility index (Phi) is 4.67. The summed E-state index contributed by atoms with van der Waals surface area (Å²) in [4.78, 5) is 19.8. The third-order valence-electron chi connectivity index (χ3n) is 5.46. The largest absolute Gasteiger partial charge is 0.356 e. The summed E-state index contributed by atoms with van der Waals surface area (Å²) in [5.41, 5.74) is 2.89. The Balaban J connectivity index is 1.44. The van der Waals surface area contributed by atoms with Crippen molar-refractivity contribution < 1.29 is 9.18 Å². The monoisotopic (exact) mass is 400 g/mol. The van der Waals surface area contributed by atoms with Gasteiger partial charge in [-0.25, -0.2) is 9.37 Å². The van der Waals surface area contributed by atoms with Gasteiger partial charge in [0.25, 0.3) is 5.91 Å². The van der Waals surface area contributed by atoms with E-state index >= 15 is 0 Å². The maximum absolute atomic E-state index is 13.7. The first-order valence-electron chi connectivity index (χ1n) is 10.0. The van der Waals surface area contributed by atoms with Crippen LogP contribution in [0.25, 0.3) is 10.9 Å². The summed E-state index contributed by atoms with van der Waals surface area (Å²) in [6.07, 6.45) is 2.88. The summed E-state index contributed by atoms with van der Waals surface area (Å²) in [5.74, 6) is 0.420. The van der Waals surface area contributed by atoms with Crippen molar-refractivity contribution in [1.82, 2.24) is 9.55 Å². The minimum Gasteiger partial charge on any atom is -0.356 e. The maximum Gasteiger partial charge on any atom is 0.272 e. The van der Waals surface area contributed by atoms with Crippen molar-refractivity contribution in [2.45, 2.75) is 13.0 Å². The number of hydrogen-bond donors (Lipinski definition) is 1. The van der Waals surface area contributed by atoms with Crippen LogP contribution in [0.4, 0.5) is 15.9 Å². The Morgan fingerprint density at radius 3 is 2.63 bits per heavy atom. The van der Waals surface area contributed by atoms with Crippen molar-refractivity contribution in [2.75, 3.05) is 23.3 Å². The van der Waals surface area contributed by atoms with Crippen LogP contribution in [0.3, 0.4) is 0 Å². The van der Waals surface area contributed by atoms with Crippen LogP contribution in [0.5, 0.6) is 0 Å². The quantitative estimate of drug-likeness (QED) is 0.529. The molecule has 2 aromatic heterocycles. The van der Waals surface area contributed by atoms with E-state index in [4.69, 9.17) is 0 Å². The van der Waals surface area contributed by atoms with Crippen molar-refractivity contribution in [3.8, 4) is 0 Å². The number of pyridine rings is 1. The van der Waals surface area contributed by atoms with E-state index in [1.165, 1.54) is 18.6 Å². The minimum absolute atomic E-state index is 0.221. The van der Waals surface area contributed by atoms with Crippen molar-refractivity contribution in [3.05, 3.63) is 90.0 Å². The Morgan fingerprint density at radius 1 is 1.03 bits per heavy atom. The molecule has 1 N–H and O–H groups in total. The Morgan fingerprint density at radius 2 is 1.90 bits per heavy atom. The number of amides is 1. The van der Waals surface area contributed by atoms with Gasteiger partial charge in [0.15, 0.2) is 0 Å². The van der Waals surface area contributed by atoms with Gasteiger partial charge in [-0.15, -0.1) is 0 Å². The van der Waals surface area contributed by atoms with Crippen LogP contribution in [0, 0.1) is 5.82 Å². The molecule has 1 aliphatic heterocycles. The molecule has 1 amide bonds. The van der Waals surface area contributed by atoms with Gasteiger partial charge in [-0.2, -0.15) is 0 Å². The van der Waals surface area contributed by atoms with E-state index < -0.39 is 0 Å². The third-order valence-corrected chi connectivity index (χ3v) is 5.46. The summed E-state index contributed by atoms with van der Waals surface area (Å²) in [5, 5.41) is 3.91. The highest BCUT2D eigenvalue weighted by Gasteiger charge is 2.18. The van der Waals surface area contributed by atoms with Gasteiger partial charge in [0.2, 0.25) is 0 Å². The molecule has 4 aromatic rings. The predicted octanol–water partition coefficient (Wildman–Crippen LogP) is 4.69. The van der Waals surface area contributed by atoms with Crippen molar-refractivity contribution in [3.63, 3.8) is 0 Å². The number of nitrogens with zero attached hydrogens (tertiary/aromatic N) is 3. The fraction of sp³-hybridized carbons (Fsp3) is 0.167. The Hall–Kier alpha value is -3.67. The molecule has 0 aliphatic carbocycles. The van der Waals surface area contributed by atoms with Crippen LogP contribution in [0.1, 0.15) is 22.5 Å². The molecule has 5 rings (SSSR count). The molecule has 0 bridgehead atoms. The average molecular weight is 400 g/mol. The molecule has 150 valence electrons. The molecule has 30 heavy (non-hydrogen) atoms. The van der Waals surface area contributed by atoms with E-state index in [1.807, 2.05) is 53.1 Å². The van der Waals surface area contributed by atoms with E-state index in [9.17, 15) is 9.18 Å². The van der Waals surface area contributed by atoms with Gasteiger partial charge in [-0.3, -0.25) is 4.79 Å². The van der Waals surface area contributed by atoms with Crippen LogP contribution in [-0.4, -0.2) is 28.5 Å². The predicted molar refractivity (Wildman–Crippen MR) is 116 cm³/mol. The van der Waals surface area contributed by atoms with Gasteiger partial charge in [0.1, 0.15) is 17.3 Å². The fourth-order valence-electron chi connectivity index (χ4n) is 3.77. The van der Waals surface area contributed by atoms with E-state index in [-0.39, 0.29) is 11.7 Å². The SMILES string of the molecule is O=C(Nc1ccc(N2CCC2)nc1)c1cc2ccccc2n1Cc1cccc(F)c1. The van der Waals surface area contributed by atoms with Crippen molar-refractivity contribution in [1.29, 1.82) is 0 Å². The third kappa shape index (κ3) is 3.52. The van der Waals surface area contributed by atoms with Crippen molar-refractivity contribution >= 4 is 28.3 Å². The molecule has 0 radical (unpaired) electrons. The zero-order valence-corrected chi connectivity index (χ0v) is 16.4. The molecule has 2 aromatic carbocycles. The molecule has 0 spiro atoms. The van der Waals surface area contributed by atoms with Crippen molar-refractivity contribution in [2.24, 2.45) is 0 Å². The maximum atomic E-state index is 13.7. The highest BCUT2D eigenvalue weighted by molar-refractivity contribution is 6.06. The molecule has 0 atom stereocenters. The van der Waals surface area contributed by atoms with E-state index in [2.05, 4.69) is 15.2 Å².